The summed E-state index contributed by atoms with van der Waals surface area (Å²) in [6.45, 7) is 4.16. The summed E-state index contributed by atoms with van der Waals surface area (Å²) in [7, 11) is 0. The highest BCUT2D eigenvalue weighted by Crippen LogP contribution is 2.30. The molecule has 0 unspecified atom stereocenters. The number of ether oxygens (including phenoxy) is 3. The number of alkyl halides is 2. The van der Waals surface area contributed by atoms with Crippen molar-refractivity contribution in [1.82, 2.24) is 9.80 Å². The molecule has 30 heavy (non-hydrogen) atoms. The van der Waals surface area contributed by atoms with Crippen LogP contribution in [0.3, 0.4) is 0 Å². The summed E-state index contributed by atoms with van der Waals surface area (Å²) in [6, 6.07) is 4.64. The zero-order valence-corrected chi connectivity index (χ0v) is 17.4. The van der Waals surface area contributed by atoms with Gasteiger partial charge in [0, 0.05) is 38.9 Å². The second-order valence-corrected chi connectivity index (χ2v) is 7.47. The third-order valence-corrected chi connectivity index (χ3v) is 5.29. The van der Waals surface area contributed by atoms with Crippen LogP contribution in [-0.2, 0) is 9.53 Å². The highest BCUT2D eigenvalue weighted by atomic mass is 19.3. The van der Waals surface area contributed by atoms with Gasteiger partial charge < -0.3 is 19.1 Å². The number of amides is 1. The monoisotopic (exact) mass is 424 g/mol. The minimum absolute atomic E-state index is 0.0193. The molecule has 2 heterocycles. The van der Waals surface area contributed by atoms with Gasteiger partial charge in [-0.2, -0.15) is 8.78 Å². The van der Waals surface area contributed by atoms with E-state index in [4.69, 9.17) is 9.47 Å². The van der Waals surface area contributed by atoms with Gasteiger partial charge in [-0.3, -0.25) is 9.69 Å². The molecule has 0 aliphatic carbocycles. The van der Waals surface area contributed by atoms with Crippen LogP contribution in [0.5, 0.6) is 11.5 Å². The Labute approximate surface area is 176 Å². The Hall–Kier alpha value is -2.19. The molecule has 1 aromatic carbocycles. The number of carbonyl (C=O) groups is 1. The average Bonchev–Trinajstić information content (AvgIpc) is 3.11. The summed E-state index contributed by atoms with van der Waals surface area (Å²) < 4.78 is 40.6. The fourth-order valence-corrected chi connectivity index (χ4v) is 3.81. The van der Waals surface area contributed by atoms with Crippen LogP contribution >= 0.6 is 0 Å². The normalized spacial score (nSPS) is 20.7. The molecule has 6 nitrogen and oxygen atoms in total. The van der Waals surface area contributed by atoms with Gasteiger partial charge in [0.15, 0.2) is 11.5 Å². The van der Waals surface area contributed by atoms with Gasteiger partial charge in [0.05, 0.1) is 12.7 Å². The molecule has 0 spiro atoms. The Morgan fingerprint density at radius 1 is 1.23 bits per heavy atom. The van der Waals surface area contributed by atoms with Crippen molar-refractivity contribution in [2.24, 2.45) is 0 Å². The molecule has 0 aromatic heterocycles. The van der Waals surface area contributed by atoms with Crippen LogP contribution in [0.4, 0.5) is 8.78 Å². The summed E-state index contributed by atoms with van der Waals surface area (Å²) >= 11 is 0. The van der Waals surface area contributed by atoms with Crippen LogP contribution in [-0.4, -0.2) is 74.4 Å². The van der Waals surface area contributed by atoms with Crippen LogP contribution in [0.25, 0.3) is 6.08 Å². The number of hydrogen-bond acceptors (Lipinski definition) is 5. The Morgan fingerprint density at radius 3 is 2.83 bits per heavy atom. The predicted molar refractivity (Wildman–Crippen MR) is 110 cm³/mol. The third-order valence-electron chi connectivity index (χ3n) is 5.29. The van der Waals surface area contributed by atoms with Crippen molar-refractivity contribution in [3.8, 4) is 11.5 Å². The molecule has 3 rings (SSSR count). The lowest BCUT2D eigenvalue weighted by molar-refractivity contribution is -0.125. The van der Waals surface area contributed by atoms with E-state index in [9.17, 15) is 13.6 Å². The van der Waals surface area contributed by atoms with Crippen molar-refractivity contribution < 1.29 is 27.8 Å². The zero-order valence-electron chi connectivity index (χ0n) is 17.4. The first-order chi connectivity index (χ1) is 14.5. The fraction of sp³-hybridized carbons (Fsp3) is 0.591. The number of halogens is 2. The largest absolute Gasteiger partial charge is 0.490 e. The highest BCUT2D eigenvalue weighted by molar-refractivity contribution is 5.91. The molecule has 1 aromatic rings. The molecule has 2 aliphatic rings. The van der Waals surface area contributed by atoms with Gasteiger partial charge >= 0.3 is 6.61 Å². The summed E-state index contributed by atoms with van der Waals surface area (Å²) in [4.78, 5) is 16.9. The van der Waals surface area contributed by atoms with Gasteiger partial charge in [-0.05, 0) is 56.5 Å². The molecule has 0 radical (unpaired) electrons. The molecule has 166 valence electrons. The summed E-state index contributed by atoms with van der Waals surface area (Å²) in [5.74, 6) is 0.154. The number of benzene rings is 1. The molecule has 0 bridgehead atoms. The molecule has 2 aliphatic heterocycles. The van der Waals surface area contributed by atoms with E-state index < -0.39 is 6.61 Å². The van der Waals surface area contributed by atoms with Gasteiger partial charge in [0.2, 0.25) is 5.91 Å². The van der Waals surface area contributed by atoms with Crippen LogP contribution in [0, 0.1) is 0 Å². The SMILES string of the molecule is CCOc1cc(/C=C\C(=O)N2CCCN(C[C@@H]3CCCO3)CC2)ccc1OC(F)F. The smallest absolute Gasteiger partial charge is 0.387 e. The minimum atomic E-state index is -2.92. The first-order valence-corrected chi connectivity index (χ1v) is 10.6. The quantitative estimate of drug-likeness (QED) is 0.599. The Balaban J connectivity index is 1.56. The fourth-order valence-electron chi connectivity index (χ4n) is 3.81. The van der Waals surface area contributed by atoms with E-state index >= 15 is 0 Å². The number of nitrogens with zero attached hydrogens (tertiary/aromatic N) is 2. The Kier molecular flexibility index (Phi) is 8.45. The van der Waals surface area contributed by atoms with Crippen molar-refractivity contribution >= 4 is 12.0 Å². The van der Waals surface area contributed by atoms with E-state index in [1.165, 1.54) is 12.1 Å². The molecular weight excluding hydrogens is 394 g/mol. The lowest BCUT2D eigenvalue weighted by Crippen LogP contribution is -2.37. The first kappa shape index (κ1) is 22.5. The lowest BCUT2D eigenvalue weighted by atomic mass is 10.2. The molecule has 2 saturated heterocycles. The predicted octanol–water partition coefficient (Wildman–Crippen LogP) is 3.41. The summed E-state index contributed by atoms with van der Waals surface area (Å²) in [5, 5.41) is 0. The number of rotatable bonds is 8. The minimum Gasteiger partial charge on any atom is -0.490 e. The standard InChI is InChI=1S/C22H30F2N2O4/c1-2-28-20-15-17(6-8-19(20)30-22(23)24)7-9-21(27)26-11-4-10-25(12-13-26)16-18-5-3-14-29-18/h6-9,15,18,22H,2-5,10-14,16H2,1H3/b9-7-/t18-/m0/s1. The molecule has 8 heteroatoms. The maximum Gasteiger partial charge on any atom is 0.387 e. The second-order valence-electron chi connectivity index (χ2n) is 7.47. The van der Waals surface area contributed by atoms with Crippen molar-refractivity contribution in [2.45, 2.75) is 38.9 Å². The van der Waals surface area contributed by atoms with Gasteiger partial charge in [-0.25, -0.2) is 0 Å². The van der Waals surface area contributed by atoms with Crippen LogP contribution in [0.15, 0.2) is 24.3 Å². The lowest BCUT2D eigenvalue weighted by Gasteiger charge is -2.23. The van der Waals surface area contributed by atoms with Gasteiger partial charge in [-0.15, -0.1) is 0 Å². The van der Waals surface area contributed by atoms with E-state index in [0.717, 1.165) is 52.0 Å². The first-order valence-electron chi connectivity index (χ1n) is 10.6. The van der Waals surface area contributed by atoms with Crippen molar-refractivity contribution in [3.05, 3.63) is 29.8 Å². The van der Waals surface area contributed by atoms with Gasteiger partial charge in [0.25, 0.3) is 0 Å². The summed E-state index contributed by atoms with van der Waals surface area (Å²) in [5.41, 5.74) is 0.684. The maximum absolute atomic E-state index is 12.6. The van der Waals surface area contributed by atoms with Crippen LogP contribution in [0.1, 0.15) is 31.7 Å². The van der Waals surface area contributed by atoms with Crippen molar-refractivity contribution in [2.75, 3.05) is 45.9 Å². The molecular formula is C22H30F2N2O4. The highest BCUT2D eigenvalue weighted by Gasteiger charge is 2.22. The number of hydrogen-bond donors (Lipinski definition) is 0. The zero-order chi connectivity index (χ0) is 21.3. The molecule has 1 amide bonds. The van der Waals surface area contributed by atoms with Crippen LogP contribution < -0.4 is 9.47 Å². The Bertz CT molecular complexity index is 723. The van der Waals surface area contributed by atoms with Crippen LogP contribution in [0.2, 0.25) is 0 Å². The molecule has 0 N–H and O–H groups in total. The topological polar surface area (TPSA) is 51.2 Å². The van der Waals surface area contributed by atoms with Crippen molar-refractivity contribution in [3.63, 3.8) is 0 Å². The molecule has 2 fully saturated rings. The average molecular weight is 424 g/mol. The summed E-state index contributed by atoms with van der Waals surface area (Å²) in [6.07, 6.45) is 6.70. The second kappa shape index (κ2) is 11.3. The van der Waals surface area contributed by atoms with E-state index in [-0.39, 0.29) is 17.4 Å². The van der Waals surface area contributed by atoms with E-state index in [2.05, 4.69) is 9.64 Å². The van der Waals surface area contributed by atoms with E-state index in [1.807, 2.05) is 4.90 Å². The Morgan fingerprint density at radius 2 is 2.10 bits per heavy atom. The number of carbonyl (C=O) groups excluding carboxylic acids is 1. The molecule has 1 atom stereocenters. The maximum atomic E-state index is 12.6. The van der Waals surface area contributed by atoms with Crippen molar-refractivity contribution in [1.29, 1.82) is 0 Å². The van der Waals surface area contributed by atoms with E-state index in [0.29, 0.717) is 24.8 Å². The van der Waals surface area contributed by atoms with E-state index in [1.54, 1.807) is 25.1 Å². The third kappa shape index (κ3) is 6.67. The molecule has 0 saturated carbocycles. The van der Waals surface area contributed by atoms with Gasteiger partial charge in [0.1, 0.15) is 0 Å². The van der Waals surface area contributed by atoms with Gasteiger partial charge in [-0.1, -0.05) is 6.07 Å².